The van der Waals surface area contributed by atoms with Gasteiger partial charge in [0.1, 0.15) is 6.04 Å². The molecule has 0 spiro atoms. The zero-order valence-corrected chi connectivity index (χ0v) is 23.3. The Labute approximate surface area is 236 Å². The number of benzene rings is 3. The molecule has 0 aliphatic carbocycles. The molecule has 0 aromatic heterocycles. The van der Waals surface area contributed by atoms with Crippen LogP contribution in [0.2, 0.25) is 0 Å². The second-order valence-electron chi connectivity index (χ2n) is 11.0. The smallest absolute Gasteiger partial charge is 0.246 e. The molecule has 2 amide bonds. The van der Waals surface area contributed by atoms with Crippen molar-refractivity contribution in [3.63, 3.8) is 0 Å². The van der Waals surface area contributed by atoms with E-state index >= 15 is 0 Å². The van der Waals surface area contributed by atoms with E-state index in [4.69, 9.17) is 4.84 Å². The number of nitrogens with zero attached hydrogens (tertiary/aromatic N) is 2. The van der Waals surface area contributed by atoms with Crippen LogP contribution in [0.5, 0.6) is 0 Å². The fourth-order valence-corrected chi connectivity index (χ4v) is 4.44. The second-order valence-corrected chi connectivity index (χ2v) is 11.0. The Morgan fingerprint density at radius 2 is 1.52 bits per heavy atom. The van der Waals surface area contributed by atoms with Gasteiger partial charge in [0.2, 0.25) is 11.8 Å². The van der Waals surface area contributed by atoms with Gasteiger partial charge in [-0.1, -0.05) is 93.6 Å². The molecule has 0 fully saturated rings. The van der Waals surface area contributed by atoms with Crippen LogP contribution in [0.1, 0.15) is 32.8 Å². The molecule has 3 N–H and O–H groups in total. The highest BCUT2D eigenvalue weighted by Gasteiger charge is 2.34. The summed E-state index contributed by atoms with van der Waals surface area (Å²) in [5.74, 6) is -0.746. The molecule has 1 aliphatic rings. The average molecular weight is 543 g/mol. The lowest BCUT2D eigenvalue weighted by Crippen LogP contribution is -2.54. The van der Waals surface area contributed by atoms with Crippen LogP contribution in [0.3, 0.4) is 0 Å². The molecule has 0 radical (unpaired) electrons. The van der Waals surface area contributed by atoms with E-state index in [2.05, 4.69) is 35.1 Å². The summed E-state index contributed by atoms with van der Waals surface area (Å²) in [4.78, 5) is 35.6. The molecule has 210 valence electrons. The highest BCUT2D eigenvalue weighted by Crippen LogP contribution is 2.26. The molecule has 8 nitrogen and oxygen atoms in total. The van der Waals surface area contributed by atoms with Crippen molar-refractivity contribution in [1.29, 1.82) is 0 Å². The van der Waals surface area contributed by atoms with Gasteiger partial charge in [0.15, 0.2) is 0 Å². The zero-order chi connectivity index (χ0) is 28.5. The number of carbonyl (C=O) groups is 2. The van der Waals surface area contributed by atoms with Gasteiger partial charge in [-0.3, -0.25) is 14.4 Å². The third kappa shape index (κ3) is 7.71. The fourth-order valence-electron chi connectivity index (χ4n) is 4.44. The first-order valence-corrected chi connectivity index (χ1v) is 13.5. The van der Waals surface area contributed by atoms with Gasteiger partial charge in [0, 0.05) is 18.1 Å². The molecular formula is C32H38N4O4. The molecule has 0 saturated heterocycles. The quantitative estimate of drug-likeness (QED) is 0.310. The van der Waals surface area contributed by atoms with Crippen molar-refractivity contribution in [2.24, 2.45) is 5.41 Å². The molecule has 4 rings (SSSR count). The molecule has 0 bridgehead atoms. The SMILES string of the molecule is CC(C)(C)[C@@H](CO)NC(=O)C(CC(=O)NOCc1ccccc1)N1C=CN(c2ccc(-c3ccccc3)cc2)C1. The molecule has 2 atom stereocenters. The molecule has 8 heteroatoms. The van der Waals surface area contributed by atoms with Crippen LogP contribution >= 0.6 is 0 Å². The van der Waals surface area contributed by atoms with Crippen LogP contribution in [-0.4, -0.2) is 47.2 Å². The van der Waals surface area contributed by atoms with Gasteiger partial charge in [-0.2, -0.15) is 0 Å². The molecular weight excluding hydrogens is 504 g/mol. The predicted molar refractivity (Wildman–Crippen MR) is 156 cm³/mol. The van der Waals surface area contributed by atoms with Crippen molar-refractivity contribution in [3.05, 3.63) is 103 Å². The number of aliphatic hydroxyl groups is 1. The monoisotopic (exact) mass is 542 g/mol. The third-order valence-electron chi connectivity index (χ3n) is 6.95. The lowest BCUT2D eigenvalue weighted by molar-refractivity contribution is -0.139. The minimum Gasteiger partial charge on any atom is -0.394 e. The second kappa shape index (κ2) is 13.3. The molecule has 40 heavy (non-hydrogen) atoms. The molecule has 1 unspecified atom stereocenters. The van der Waals surface area contributed by atoms with E-state index in [-0.39, 0.29) is 31.0 Å². The van der Waals surface area contributed by atoms with Crippen molar-refractivity contribution in [2.45, 2.75) is 45.9 Å². The molecule has 1 heterocycles. The Morgan fingerprint density at radius 3 is 2.15 bits per heavy atom. The van der Waals surface area contributed by atoms with Crippen LogP contribution < -0.4 is 15.7 Å². The van der Waals surface area contributed by atoms with Crippen LogP contribution in [-0.2, 0) is 21.0 Å². The number of hydrogen-bond donors (Lipinski definition) is 3. The maximum absolute atomic E-state index is 13.5. The first-order valence-electron chi connectivity index (χ1n) is 13.5. The van der Waals surface area contributed by atoms with Crippen LogP contribution in [0.15, 0.2) is 97.3 Å². The predicted octanol–water partition coefficient (Wildman–Crippen LogP) is 4.43. The normalized spacial score (nSPS) is 14.6. The fraction of sp³-hybridized carbons (Fsp3) is 0.312. The number of carbonyl (C=O) groups excluding carboxylic acids is 2. The standard InChI is InChI=1S/C32H38N4O4/c1-32(2,3)29(21-37)33-31(39)28(20-30(38)34-40-22-24-10-6-4-7-11-24)36-19-18-35(23-36)27-16-14-26(15-17-27)25-12-8-5-9-13-25/h4-19,28-29,37H,20-23H2,1-3H3,(H,33,39)(H,34,38)/t28?,29-/m1/s1. The lowest BCUT2D eigenvalue weighted by atomic mass is 9.87. The van der Waals surface area contributed by atoms with E-state index in [0.717, 1.165) is 22.4 Å². The van der Waals surface area contributed by atoms with E-state index in [1.54, 1.807) is 0 Å². The Morgan fingerprint density at radius 1 is 0.900 bits per heavy atom. The van der Waals surface area contributed by atoms with Crippen molar-refractivity contribution in [3.8, 4) is 11.1 Å². The van der Waals surface area contributed by atoms with Crippen LogP contribution in [0.25, 0.3) is 11.1 Å². The van der Waals surface area contributed by atoms with Crippen molar-refractivity contribution in [2.75, 3.05) is 18.2 Å². The number of rotatable bonds is 11. The summed E-state index contributed by atoms with van der Waals surface area (Å²) >= 11 is 0. The van der Waals surface area contributed by atoms with Gasteiger partial charge < -0.3 is 20.2 Å². The van der Waals surface area contributed by atoms with E-state index in [0.29, 0.717) is 6.67 Å². The topological polar surface area (TPSA) is 94.1 Å². The number of hydroxylamine groups is 1. The summed E-state index contributed by atoms with van der Waals surface area (Å²) in [6.07, 6.45) is 3.60. The zero-order valence-electron chi connectivity index (χ0n) is 23.3. The minimum absolute atomic E-state index is 0.117. The highest BCUT2D eigenvalue weighted by atomic mass is 16.6. The lowest BCUT2D eigenvalue weighted by Gasteiger charge is -2.34. The maximum Gasteiger partial charge on any atom is 0.246 e. The number of hydrogen-bond acceptors (Lipinski definition) is 6. The average Bonchev–Trinajstić information content (AvgIpc) is 3.45. The van der Waals surface area contributed by atoms with Gasteiger partial charge >= 0.3 is 0 Å². The summed E-state index contributed by atoms with van der Waals surface area (Å²) in [7, 11) is 0. The Balaban J connectivity index is 1.43. The van der Waals surface area contributed by atoms with E-state index in [9.17, 15) is 14.7 Å². The van der Waals surface area contributed by atoms with Crippen molar-refractivity contribution in [1.82, 2.24) is 15.7 Å². The number of nitrogens with one attached hydrogen (secondary N) is 2. The Kier molecular flexibility index (Phi) is 9.58. The van der Waals surface area contributed by atoms with Crippen molar-refractivity contribution >= 4 is 17.5 Å². The third-order valence-corrected chi connectivity index (χ3v) is 6.95. The summed E-state index contributed by atoms with van der Waals surface area (Å²) in [5.41, 5.74) is 6.26. The van der Waals surface area contributed by atoms with E-state index in [1.807, 2.05) is 104 Å². The molecule has 0 saturated carbocycles. The highest BCUT2D eigenvalue weighted by molar-refractivity contribution is 5.88. The van der Waals surface area contributed by atoms with Gasteiger partial charge in [-0.05, 0) is 34.2 Å². The summed E-state index contributed by atoms with van der Waals surface area (Å²) in [6, 6.07) is 26.6. The van der Waals surface area contributed by atoms with Crippen molar-refractivity contribution < 1.29 is 19.5 Å². The summed E-state index contributed by atoms with van der Waals surface area (Å²) in [5, 5.41) is 12.9. The number of amides is 2. The molecule has 3 aromatic rings. The Bertz CT molecular complexity index is 1270. The van der Waals surface area contributed by atoms with Gasteiger partial charge in [-0.15, -0.1) is 0 Å². The number of anilines is 1. The minimum atomic E-state index is -0.804. The van der Waals surface area contributed by atoms with Crippen LogP contribution in [0.4, 0.5) is 5.69 Å². The van der Waals surface area contributed by atoms with Gasteiger partial charge in [-0.25, -0.2) is 5.48 Å². The number of aliphatic hydroxyl groups excluding tert-OH is 1. The van der Waals surface area contributed by atoms with E-state index < -0.39 is 18.0 Å². The molecule has 3 aromatic carbocycles. The van der Waals surface area contributed by atoms with Crippen LogP contribution in [0, 0.1) is 5.41 Å². The summed E-state index contributed by atoms with van der Waals surface area (Å²) < 4.78 is 0. The van der Waals surface area contributed by atoms with Gasteiger partial charge in [0.25, 0.3) is 0 Å². The largest absolute Gasteiger partial charge is 0.394 e. The summed E-state index contributed by atoms with van der Waals surface area (Å²) in [6.45, 7) is 6.25. The van der Waals surface area contributed by atoms with E-state index in [1.165, 1.54) is 0 Å². The maximum atomic E-state index is 13.5. The Hall–Kier alpha value is -4.14. The first kappa shape index (κ1) is 28.9. The molecule has 1 aliphatic heterocycles. The first-order chi connectivity index (χ1) is 19.2. The van der Waals surface area contributed by atoms with Gasteiger partial charge in [0.05, 0.1) is 32.3 Å².